The summed E-state index contributed by atoms with van der Waals surface area (Å²) in [7, 11) is -3.49. The average Bonchev–Trinajstić information content (AvgIpc) is 2.47. The van der Waals surface area contributed by atoms with Gasteiger partial charge in [-0.05, 0) is 55.1 Å². The number of carbonyl (C=O) groups is 1. The molecule has 1 aromatic rings. The van der Waals surface area contributed by atoms with Gasteiger partial charge in [0.15, 0.2) is 0 Å². The summed E-state index contributed by atoms with van der Waals surface area (Å²) in [6.07, 6.45) is 3.70. The normalized spacial score (nSPS) is 20.8. The van der Waals surface area contributed by atoms with Crippen molar-refractivity contribution in [3.05, 3.63) is 29.8 Å². The first kappa shape index (κ1) is 15.5. The van der Waals surface area contributed by atoms with E-state index in [1.807, 2.05) is 6.92 Å². The highest BCUT2D eigenvalue weighted by Gasteiger charge is 2.32. The van der Waals surface area contributed by atoms with Crippen molar-refractivity contribution >= 4 is 26.9 Å². The van der Waals surface area contributed by atoms with Crippen molar-refractivity contribution in [3.8, 4) is 0 Å². The van der Waals surface area contributed by atoms with E-state index in [1.165, 1.54) is 24.3 Å². The van der Waals surface area contributed by atoms with E-state index < -0.39 is 15.3 Å². The first-order chi connectivity index (χ1) is 9.46. The number of hydrogen-bond acceptors (Lipinski definition) is 3. The van der Waals surface area contributed by atoms with Gasteiger partial charge in [0.25, 0.3) is 5.24 Å². The van der Waals surface area contributed by atoms with Crippen LogP contribution in [-0.2, 0) is 10.0 Å². The fourth-order valence-corrected chi connectivity index (χ4v) is 4.48. The molecule has 6 heteroatoms. The molecule has 0 radical (unpaired) electrons. The Morgan fingerprint density at radius 1 is 1.30 bits per heavy atom. The first-order valence-electron chi connectivity index (χ1n) is 6.78. The summed E-state index contributed by atoms with van der Waals surface area (Å²) < 4.78 is 26.9. The fraction of sp³-hybridized carbons (Fsp3) is 0.500. The minimum atomic E-state index is -3.49. The zero-order valence-electron chi connectivity index (χ0n) is 11.4. The molecule has 1 fully saturated rings. The lowest BCUT2D eigenvalue weighted by molar-refractivity contribution is 0.108. The van der Waals surface area contributed by atoms with Crippen LogP contribution < -0.4 is 0 Å². The summed E-state index contributed by atoms with van der Waals surface area (Å²) in [6, 6.07) is 5.88. The minimum Gasteiger partial charge on any atom is -0.276 e. The van der Waals surface area contributed by atoms with Gasteiger partial charge >= 0.3 is 0 Å². The van der Waals surface area contributed by atoms with Crippen molar-refractivity contribution in [3.63, 3.8) is 0 Å². The summed E-state index contributed by atoms with van der Waals surface area (Å²) in [5.41, 5.74) is 0.302. The molecule has 20 heavy (non-hydrogen) atoms. The molecule has 1 aromatic carbocycles. The number of piperidine rings is 1. The van der Waals surface area contributed by atoms with Crippen LogP contribution in [0.5, 0.6) is 0 Å². The number of benzene rings is 1. The number of hydrogen-bond donors (Lipinski definition) is 0. The smallest absolute Gasteiger partial charge is 0.252 e. The lowest BCUT2D eigenvalue weighted by atomic mass is 10.0. The quantitative estimate of drug-likeness (QED) is 0.803. The molecule has 1 heterocycles. The molecule has 2 rings (SSSR count). The van der Waals surface area contributed by atoms with Gasteiger partial charge in [-0.1, -0.05) is 13.3 Å². The number of rotatable bonds is 4. The molecule has 4 nitrogen and oxygen atoms in total. The topological polar surface area (TPSA) is 54.5 Å². The van der Waals surface area contributed by atoms with E-state index in [9.17, 15) is 13.2 Å². The maximum Gasteiger partial charge on any atom is 0.252 e. The predicted molar refractivity (Wildman–Crippen MR) is 78.4 cm³/mol. The average molecular weight is 316 g/mol. The lowest BCUT2D eigenvalue weighted by Gasteiger charge is -2.34. The minimum absolute atomic E-state index is 0.0723. The molecular weight excluding hydrogens is 298 g/mol. The molecule has 0 aromatic heterocycles. The van der Waals surface area contributed by atoms with Gasteiger partial charge in [0, 0.05) is 18.2 Å². The predicted octanol–water partition coefficient (Wildman–Crippen LogP) is 3.02. The zero-order valence-corrected chi connectivity index (χ0v) is 13.0. The maximum atomic E-state index is 12.6. The van der Waals surface area contributed by atoms with E-state index in [4.69, 9.17) is 11.6 Å². The molecule has 1 saturated heterocycles. The second kappa shape index (κ2) is 6.24. The van der Waals surface area contributed by atoms with Crippen LogP contribution in [0.15, 0.2) is 29.2 Å². The Hall–Kier alpha value is -0.910. The van der Waals surface area contributed by atoms with Crippen molar-refractivity contribution in [2.75, 3.05) is 6.54 Å². The molecule has 0 saturated carbocycles. The largest absolute Gasteiger partial charge is 0.276 e. The Morgan fingerprint density at radius 2 is 1.95 bits per heavy atom. The van der Waals surface area contributed by atoms with Gasteiger partial charge in [-0.25, -0.2) is 8.42 Å². The van der Waals surface area contributed by atoms with Gasteiger partial charge in [0.2, 0.25) is 10.0 Å². The lowest BCUT2D eigenvalue weighted by Crippen LogP contribution is -2.43. The van der Waals surface area contributed by atoms with Crippen LogP contribution in [0, 0.1) is 0 Å². The SMILES string of the molecule is CC[C@@H]1CCCCN1S(=O)(=O)c1ccc(C(=O)Cl)cc1. The first-order valence-corrected chi connectivity index (χ1v) is 8.60. The van der Waals surface area contributed by atoms with Gasteiger partial charge in [-0.2, -0.15) is 4.31 Å². The monoisotopic (exact) mass is 315 g/mol. The molecule has 1 aliphatic rings. The summed E-state index contributed by atoms with van der Waals surface area (Å²) in [4.78, 5) is 11.2. The molecule has 0 aliphatic carbocycles. The summed E-state index contributed by atoms with van der Waals surface area (Å²) >= 11 is 5.37. The molecule has 1 aliphatic heterocycles. The molecular formula is C14H18ClNO3S. The Morgan fingerprint density at radius 3 is 2.50 bits per heavy atom. The third-order valence-electron chi connectivity index (χ3n) is 3.73. The van der Waals surface area contributed by atoms with Crippen LogP contribution in [0.1, 0.15) is 43.0 Å². The molecule has 0 bridgehead atoms. The molecule has 0 amide bonds. The standard InChI is InChI=1S/C14H18ClNO3S/c1-2-12-5-3-4-10-16(12)20(18,19)13-8-6-11(7-9-13)14(15)17/h6-9,12H,2-5,10H2,1H3/t12-/m1/s1. The van der Waals surface area contributed by atoms with Crippen molar-refractivity contribution in [1.82, 2.24) is 4.31 Å². The van der Waals surface area contributed by atoms with E-state index in [1.54, 1.807) is 4.31 Å². The van der Waals surface area contributed by atoms with Gasteiger partial charge in [-0.3, -0.25) is 4.79 Å². The highest BCUT2D eigenvalue weighted by atomic mass is 35.5. The molecule has 0 unspecified atom stereocenters. The van der Waals surface area contributed by atoms with Crippen LogP contribution in [0.4, 0.5) is 0 Å². The maximum absolute atomic E-state index is 12.6. The number of halogens is 1. The molecule has 1 atom stereocenters. The van der Waals surface area contributed by atoms with Crippen LogP contribution >= 0.6 is 11.6 Å². The van der Waals surface area contributed by atoms with Gasteiger partial charge in [0.1, 0.15) is 0 Å². The highest BCUT2D eigenvalue weighted by Crippen LogP contribution is 2.27. The number of nitrogens with zero attached hydrogens (tertiary/aromatic N) is 1. The molecule has 0 spiro atoms. The molecule has 110 valence electrons. The van der Waals surface area contributed by atoms with Crippen molar-refractivity contribution in [2.45, 2.75) is 43.5 Å². The third kappa shape index (κ3) is 3.05. The Balaban J connectivity index is 2.31. The van der Waals surface area contributed by atoms with Gasteiger partial charge < -0.3 is 0 Å². The third-order valence-corrected chi connectivity index (χ3v) is 5.92. The number of carbonyl (C=O) groups excluding carboxylic acids is 1. The Bertz CT molecular complexity index is 583. The van der Waals surface area contributed by atoms with E-state index >= 15 is 0 Å². The van der Waals surface area contributed by atoms with Crippen LogP contribution in [-0.4, -0.2) is 30.6 Å². The zero-order chi connectivity index (χ0) is 14.8. The summed E-state index contributed by atoms with van der Waals surface area (Å²) in [6.45, 7) is 2.57. The van der Waals surface area contributed by atoms with E-state index in [0.29, 0.717) is 12.1 Å². The number of sulfonamides is 1. The van der Waals surface area contributed by atoms with Crippen LogP contribution in [0.3, 0.4) is 0 Å². The highest BCUT2D eigenvalue weighted by molar-refractivity contribution is 7.89. The van der Waals surface area contributed by atoms with Crippen molar-refractivity contribution in [2.24, 2.45) is 0 Å². The van der Waals surface area contributed by atoms with E-state index in [-0.39, 0.29) is 10.9 Å². The van der Waals surface area contributed by atoms with Crippen molar-refractivity contribution in [1.29, 1.82) is 0 Å². The van der Waals surface area contributed by atoms with Gasteiger partial charge in [-0.15, -0.1) is 0 Å². The van der Waals surface area contributed by atoms with Gasteiger partial charge in [0.05, 0.1) is 4.90 Å². The van der Waals surface area contributed by atoms with E-state index in [2.05, 4.69) is 0 Å². The second-order valence-corrected chi connectivity index (χ2v) is 7.21. The van der Waals surface area contributed by atoms with Crippen LogP contribution in [0.25, 0.3) is 0 Å². The molecule has 0 N–H and O–H groups in total. The summed E-state index contributed by atoms with van der Waals surface area (Å²) in [5.74, 6) is 0. The van der Waals surface area contributed by atoms with Crippen LogP contribution in [0.2, 0.25) is 0 Å². The summed E-state index contributed by atoms with van der Waals surface area (Å²) in [5, 5.41) is -0.585. The van der Waals surface area contributed by atoms with E-state index in [0.717, 1.165) is 25.7 Å². The Kier molecular flexibility index (Phi) is 4.83. The second-order valence-electron chi connectivity index (χ2n) is 4.97. The van der Waals surface area contributed by atoms with Crippen molar-refractivity contribution < 1.29 is 13.2 Å². The fourth-order valence-electron chi connectivity index (χ4n) is 2.59. The Labute approximate surface area is 124 Å².